The van der Waals surface area contributed by atoms with Crippen LogP contribution in [-0.2, 0) is 17.8 Å². The molecule has 3 rings (SSSR count). The maximum Gasteiger partial charge on any atom is 0.289 e. The summed E-state index contributed by atoms with van der Waals surface area (Å²) >= 11 is 1.01. The van der Waals surface area contributed by atoms with Crippen molar-refractivity contribution in [2.45, 2.75) is 26.8 Å². The van der Waals surface area contributed by atoms with Crippen LogP contribution in [0.4, 0.5) is 10.5 Å². The summed E-state index contributed by atoms with van der Waals surface area (Å²) in [5.41, 5.74) is 4.19. The lowest BCUT2D eigenvalue weighted by molar-refractivity contribution is -0.125. The summed E-state index contributed by atoms with van der Waals surface area (Å²) in [6.07, 6.45) is 0.828. The van der Waals surface area contributed by atoms with E-state index in [9.17, 15) is 14.4 Å². The number of hydrogen-bond donors (Lipinski definition) is 1. The summed E-state index contributed by atoms with van der Waals surface area (Å²) < 4.78 is 0. The third-order valence-corrected chi connectivity index (χ3v) is 5.21. The number of aryl methyl sites for hydroxylation is 2. The molecule has 2 aromatic rings. The van der Waals surface area contributed by atoms with Crippen LogP contribution < -0.4 is 5.32 Å². The number of para-hydroxylation sites is 1. The second-order valence-electron chi connectivity index (χ2n) is 6.15. The van der Waals surface area contributed by atoms with Gasteiger partial charge >= 0.3 is 0 Å². The molecule has 1 aliphatic heterocycles. The lowest BCUT2D eigenvalue weighted by atomic mass is 10.0. The number of imide groups is 1. The summed E-state index contributed by atoms with van der Waals surface area (Å²) in [6, 6.07) is 13.0. The summed E-state index contributed by atoms with van der Waals surface area (Å²) in [5, 5.41) is 2.76. The minimum absolute atomic E-state index is 0.187. The zero-order chi connectivity index (χ0) is 18.7. The van der Waals surface area contributed by atoms with E-state index in [-0.39, 0.29) is 29.4 Å². The maximum absolute atomic E-state index is 12.7. The summed E-state index contributed by atoms with van der Waals surface area (Å²) in [6.45, 7) is 4.21. The molecule has 2 aromatic carbocycles. The summed E-state index contributed by atoms with van der Waals surface area (Å²) in [4.78, 5) is 37.4. The van der Waals surface area contributed by atoms with Crippen LogP contribution in [0.1, 0.15) is 34.0 Å². The highest BCUT2D eigenvalue weighted by atomic mass is 32.2. The maximum atomic E-state index is 12.7. The first-order valence-electron chi connectivity index (χ1n) is 8.45. The van der Waals surface area contributed by atoms with Crippen LogP contribution in [0.5, 0.6) is 0 Å². The van der Waals surface area contributed by atoms with Gasteiger partial charge in [0.2, 0.25) is 5.91 Å². The van der Waals surface area contributed by atoms with Gasteiger partial charge in [-0.05, 0) is 42.2 Å². The van der Waals surface area contributed by atoms with E-state index in [0.29, 0.717) is 5.56 Å². The van der Waals surface area contributed by atoms with Crippen LogP contribution in [0.15, 0.2) is 42.5 Å². The molecule has 1 N–H and O–H groups in total. The molecule has 0 spiro atoms. The van der Waals surface area contributed by atoms with Crippen LogP contribution in [0, 0.1) is 6.92 Å². The predicted octanol–water partition coefficient (Wildman–Crippen LogP) is 4.01. The van der Waals surface area contributed by atoms with Crippen LogP contribution in [-0.4, -0.2) is 27.7 Å². The Morgan fingerprint density at radius 3 is 2.65 bits per heavy atom. The molecule has 26 heavy (non-hydrogen) atoms. The van der Waals surface area contributed by atoms with E-state index in [1.54, 1.807) is 18.2 Å². The highest BCUT2D eigenvalue weighted by Gasteiger charge is 2.29. The molecule has 0 aromatic heterocycles. The first-order valence-corrected chi connectivity index (χ1v) is 9.44. The number of carbonyl (C=O) groups excluding carboxylic acids is 3. The highest BCUT2D eigenvalue weighted by Crippen LogP contribution is 2.23. The number of anilines is 1. The Labute approximate surface area is 156 Å². The van der Waals surface area contributed by atoms with Crippen molar-refractivity contribution < 1.29 is 14.4 Å². The molecule has 1 heterocycles. The topological polar surface area (TPSA) is 66.5 Å². The smallest absolute Gasteiger partial charge is 0.289 e. The standard InChI is InChI=1S/C20H20N2O3S/c1-3-15-8-4-6-13(2)18(15)21-19(24)16-9-5-7-14(10-16)11-22-17(23)12-26-20(22)25/h4-10H,3,11-12H2,1-2H3,(H,21,24). The zero-order valence-corrected chi connectivity index (χ0v) is 15.6. The first kappa shape index (κ1) is 18.2. The third kappa shape index (κ3) is 3.80. The van der Waals surface area contributed by atoms with Crippen LogP contribution in [0.25, 0.3) is 0 Å². The number of amides is 3. The van der Waals surface area contributed by atoms with Crippen molar-refractivity contribution in [2.24, 2.45) is 0 Å². The largest absolute Gasteiger partial charge is 0.321 e. The van der Waals surface area contributed by atoms with Crippen molar-refractivity contribution >= 4 is 34.5 Å². The van der Waals surface area contributed by atoms with Crippen molar-refractivity contribution in [3.63, 3.8) is 0 Å². The number of thioether (sulfide) groups is 1. The molecular formula is C20H20N2O3S. The number of carbonyl (C=O) groups is 3. The number of hydrogen-bond acceptors (Lipinski definition) is 4. The van der Waals surface area contributed by atoms with Gasteiger partial charge in [-0.25, -0.2) is 0 Å². The molecule has 0 saturated carbocycles. The number of benzene rings is 2. The minimum atomic E-state index is -0.239. The van der Waals surface area contributed by atoms with E-state index < -0.39 is 0 Å². The Bertz CT molecular complexity index is 863. The Balaban J connectivity index is 1.79. The summed E-state index contributed by atoms with van der Waals surface area (Å²) in [7, 11) is 0. The molecule has 5 nitrogen and oxygen atoms in total. The van der Waals surface area contributed by atoms with Crippen molar-refractivity contribution in [1.29, 1.82) is 0 Å². The van der Waals surface area contributed by atoms with Gasteiger partial charge in [0.05, 0.1) is 12.3 Å². The molecule has 1 fully saturated rings. The third-order valence-electron chi connectivity index (χ3n) is 4.35. The molecule has 0 atom stereocenters. The van der Waals surface area contributed by atoms with Crippen LogP contribution in [0.3, 0.4) is 0 Å². The lowest BCUT2D eigenvalue weighted by Crippen LogP contribution is -2.28. The predicted molar refractivity (Wildman–Crippen MR) is 103 cm³/mol. The van der Waals surface area contributed by atoms with Gasteiger partial charge in [0.1, 0.15) is 0 Å². The fourth-order valence-electron chi connectivity index (χ4n) is 2.92. The SMILES string of the molecule is CCc1cccc(C)c1NC(=O)c1cccc(CN2C(=O)CSC2=O)c1. The van der Waals surface area contributed by atoms with Gasteiger partial charge in [0.25, 0.3) is 11.1 Å². The van der Waals surface area contributed by atoms with Crippen molar-refractivity contribution in [3.8, 4) is 0 Å². The molecule has 0 unspecified atom stereocenters. The first-order chi connectivity index (χ1) is 12.5. The van der Waals surface area contributed by atoms with Gasteiger partial charge in [0, 0.05) is 11.3 Å². The number of rotatable bonds is 5. The molecular weight excluding hydrogens is 348 g/mol. The van der Waals surface area contributed by atoms with E-state index >= 15 is 0 Å². The van der Waals surface area contributed by atoms with Gasteiger partial charge in [-0.2, -0.15) is 0 Å². The fraction of sp³-hybridized carbons (Fsp3) is 0.250. The minimum Gasteiger partial charge on any atom is -0.321 e. The zero-order valence-electron chi connectivity index (χ0n) is 14.7. The summed E-state index contributed by atoms with van der Waals surface area (Å²) in [5.74, 6) is -0.210. The fourth-order valence-corrected chi connectivity index (χ4v) is 3.64. The number of nitrogens with zero attached hydrogens (tertiary/aromatic N) is 1. The molecule has 1 aliphatic rings. The monoisotopic (exact) mass is 368 g/mol. The molecule has 3 amide bonds. The molecule has 0 aliphatic carbocycles. The Morgan fingerprint density at radius 2 is 1.96 bits per heavy atom. The highest BCUT2D eigenvalue weighted by molar-refractivity contribution is 8.14. The van der Waals surface area contributed by atoms with Crippen LogP contribution in [0.2, 0.25) is 0 Å². The van der Waals surface area contributed by atoms with E-state index in [1.165, 1.54) is 4.90 Å². The molecule has 6 heteroatoms. The Morgan fingerprint density at radius 1 is 1.19 bits per heavy atom. The van der Waals surface area contributed by atoms with Crippen molar-refractivity contribution in [1.82, 2.24) is 4.90 Å². The van der Waals surface area contributed by atoms with Gasteiger partial charge in [-0.3, -0.25) is 19.3 Å². The quantitative estimate of drug-likeness (QED) is 0.866. The normalized spacial score (nSPS) is 14.0. The van der Waals surface area contributed by atoms with E-state index in [0.717, 1.165) is 40.6 Å². The average molecular weight is 368 g/mol. The van der Waals surface area contributed by atoms with Gasteiger partial charge in [-0.1, -0.05) is 49.0 Å². The van der Waals surface area contributed by atoms with Crippen molar-refractivity contribution in [2.75, 3.05) is 11.1 Å². The average Bonchev–Trinajstić information content (AvgIpc) is 2.95. The molecule has 1 saturated heterocycles. The van der Waals surface area contributed by atoms with Crippen molar-refractivity contribution in [3.05, 3.63) is 64.7 Å². The van der Waals surface area contributed by atoms with Gasteiger partial charge in [-0.15, -0.1) is 0 Å². The van der Waals surface area contributed by atoms with Gasteiger partial charge < -0.3 is 5.32 Å². The molecule has 134 valence electrons. The number of nitrogens with one attached hydrogen (secondary N) is 1. The second kappa shape index (κ2) is 7.74. The second-order valence-corrected chi connectivity index (χ2v) is 7.08. The molecule has 0 bridgehead atoms. The lowest BCUT2D eigenvalue weighted by Gasteiger charge is -2.15. The van der Waals surface area contributed by atoms with E-state index in [1.807, 2.05) is 38.1 Å². The van der Waals surface area contributed by atoms with E-state index in [4.69, 9.17) is 0 Å². The van der Waals surface area contributed by atoms with Crippen LogP contribution >= 0.6 is 11.8 Å². The van der Waals surface area contributed by atoms with E-state index in [2.05, 4.69) is 5.32 Å². The Hall–Kier alpha value is -2.60. The Kier molecular flexibility index (Phi) is 5.42. The molecule has 0 radical (unpaired) electrons. The van der Waals surface area contributed by atoms with Gasteiger partial charge in [0.15, 0.2) is 0 Å².